The van der Waals surface area contributed by atoms with E-state index in [-0.39, 0.29) is 29.3 Å². The minimum Gasteiger partial charge on any atom is -0.465 e. The number of ether oxygens (including phenoxy) is 1. The molecule has 0 aliphatic carbocycles. The Balaban J connectivity index is 1.65. The average molecular weight is 395 g/mol. The summed E-state index contributed by atoms with van der Waals surface area (Å²) in [6, 6.07) is 7.72. The normalized spacial score (nSPS) is 14.7. The number of nitrogens with zero attached hydrogens (tertiary/aromatic N) is 1. The predicted molar refractivity (Wildman–Crippen MR) is 106 cm³/mol. The first-order valence-electron chi connectivity index (χ1n) is 9.19. The van der Waals surface area contributed by atoms with Gasteiger partial charge < -0.3 is 19.9 Å². The highest BCUT2D eigenvalue weighted by molar-refractivity contribution is 8.00. The third-order valence-corrected chi connectivity index (χ3v) is 5.21. The van der Waals surface area contributed by atoms with Crippen LogP contribution in [0, 0.1) is 6.92 Å². The highest BCUT2D eigenvalue weighted by atomic mass is 32.2. The zero-order chi connectivity index (χ0) is 19.6. The summed E-state index contributed by atoms with van der Waals surface area (Å²) in [7, 11) is 0. The molecule has 1 heterocycles. The summed E-state index contributed by atoms with van der Waals surface area (Å²) in [6.07, 6.45) is 0. The highest BCUT2D eigenvalue weighted by Crippen LogP contribution is 2.08. The van der Waals surface area contributed by atoms with Crippen molar-refractivity contribution in [3.63, 3.8) is 0 Å². The lowest BCUT2D eigenvalue weighted by Crippen LogP contribution is -3.15. The van der Waals surface area contributed by atoms with Gasteiger partial charge in [0.15, 0.2) is 6.54 Å². The number of hydrogen-bond donors (Lipinski definition) is 2. The first kappa shape index (κ1) is 21.2. The van der Waals surface area contributed by atoms with Gasteiger partial charge in [-0.15, -0.1) is 11.8 Å². The summed E-state index contributed by atoms with van der Waals surface area (Å²) in [5.74, 6) is 0.210. The third kappa shape index (κ3) is 7.60. The van der Waals surface area contributed by atoms with Gasteiger partial charge in [-0.05, 0) is 26.0 Å². The smallest absolute Gasteiger partial charge is 0.315 e. The van der Waals surface area contributed by atoms with Crippen molar-refractivity contribution in [2.45, 2.75) is 13.8 Å². The lowest BCUT2D eigenvalue weighted by atomic mass is 10.2. The van der Waals surface area contributed by atoms with E-state index >= 15 is 0 Å². The van der Waals surface area contributed by atoms with Crippen LogP contribution in [0.25, 0.3) is 0 Å². The number of thioether (sulfide) groups is 1. The summed E-state index contributed by atoms with van der Waals surface area (Å²) in [5, 5.41) is 2.91. The first-order chi connectivity index (χ1) is 13.0. The van der Waals surface area contributed by atoms with Crippen LogP contribution in [0.1, 0.15) is 12.5 Å². The fourth-order valence-electron chi connectivity index (χ4n) is 2.83. The van der Waals surface area contributed by atoms with Crippen LogP contribution in [0.15, 0.2) is 24.3 Å². The average Bonchev–Trinajstić information content (AvgIpc) is 2.64. The van der Waals surface area contributed by atoms with Crippen molar-refractivity contribution < 1.29 is 24.0 Å². The standard InChI is InChI=1S/C19H27N3O4S/c1-3-26-19(25)14-27-13-18(24)22-10-8-21(9-11-22)12-17(23)20-16-6-4-15(2)5-7-16/h4-7H,3,8-14H2,1-2H3,(H,20,23)/p+1. The number of benzene rings is 1. The Morgan fingerprint density at radius 3 is 2.44 bits per heavy atom. The lowest BCUT2D eigenvalue weighted by molar-refractivity contribution is -0.895. The van der Waals surface area contributed by atoms with Crippen LogP contribution < -0.4 is 10.2 Å². The molecule has 2 rings (SSSR count). The number of aryl methyl sites for hydroxylation is 1. The van der Waals surface area contributed by atoms with E-state index in [1.54, 1.807) is 11.8 Å². The van der Waals surface area contributed by atoms with Crippen LogP contribution in [-0.2, 0) is 19.1 Å². The van der Waals surface area contributed by atoms with Gasteiger partial charge in [-0.1, -0.05) is 17.7 Å². The third-order valence-electron chi connectivity index (χ3n) is 4.32. The number of piperazine rings is 1. The van der Waals surface area contributed by atoms with Gasteiger partial charge in [0.05, 0.1) is 44.3 Å². The van der Waals surface area contributed by atoms with Gasteiger partial charge in [0, 0.05) is 5.69 Å². The van der Waals surface area contributed by atoms with E-state index in [0.717, 1.165) is 24.3 Å². The van der Waals surface area contributed by atoms with Crippen molar-refractivity contribution in [3.05, 3.63) is 29.8 Å². The summed E-state index contributed by atoms with van der Waals surface area (Å²) >= 11 is 1.28. The Morgan fingerprint density at radius 2 is 1.81 bits per heavy atom. The Bertz CT molecular complexity index is 643. The van der Waals surface area contributed by atoms with Crippen molar-refractivity contribution in [3.8, 4) is 0 Å². The molecule has 2 amide bonds. The van der Waals surface area contributed by atoms with Crippen LogP contribution in [-0.4, -0.2) is 73.5 Å². The van der Waals surface area contributed by atoms with E-state index in [0.29, 0.717) is 26.2 Å². The van der Waals surface area contributed by atoms with Gasteiger partial charge in [-0.3, -0.25) is 14.4 Å². The number of carbonyl (C=O) groups excluding carboxylic acids is 3. The lowest BCUT2D eigenvalue weighted by Gasteiger charge is -2.31. The largest absolute Gasteiger partial charge is 0.465 e. The van der Waals surface area contributed by atoms with E-state index in [1.807, 2.05) is 31.2 Å². The van der Waals surface area contributed by atoms with E-state index in [9.17, 15) is 14.4 Å². The minimum atomic E-state index is -0.288. The highest BCUT2D eigenvalue weighted by Gasteiger charge is 2.25. The number of carbonyl (C=O) groups is 3. The number of quaternary nitrogens is 1. The second kappa shape index (κ2) is 10.9. The molecule has 0 radical (unpaired) electrons. The van der Waals surface area contributed by atoms with Crippen molar-refractivity contribution in [1.82, 2.24) is 4.90 Å². The van der Waals surface area contributed by atoms with Gasteiger partial charge in [-0.25, -0.2) is 0 Å². The Kier molecular flexibility index (Phi) is 8.60. The maximum atomic E-state index is 12.2. The van der Waals surface area contributed by atoms with Crippen molar-refractivity contribution in [1.29, 1.82) is 0 Å². The van der Waals surface area contributed by atoms with Gasteiger partial charge >= 0.3 is 5.97 Å². The molecule has 0 unspecified atom stereocenters. The second-order valence-corrected chi connectivity index (χ2v) is 7.51. The predicted octanol–water partition coefficient (Wildman–Crippen LogP) is -0.0431. The van der Waals surface area contributed by atoms with Crippen LogP contribution in [0.2, 0.25) is 0 Å². The monoisotopic (exact) mass is 394 g/mol. The summed E-state index contributed by atoms with van der Waals surface area (Å²) in [4.78, 5) is 38.6. The van der Waals surface area contributed by atoms with E-state index in [4.69, 9.17) is 4.74 Å². The van der Waals surface area contributed by atoms with E-state index in [1.165, 1.54) is 16.7 Å². The summed E-state index contributed by atoms with van der Waals surface area (Å²) in [6.45, 7) is 7.27. The van der Waals surface area contributed by atoms with Crippen molar-refractivity contribution in [2.75, 3.05) is 56.2 Å². The van der Waals surface area contributed by atoms with Gasteiger partial charge in [0.2, 0.25) is 5.91 Å². The quantitative estimate of drug-likeness (QED) is 0.605. The number of anilines is 1. The molecule has 27 heavy (non-hydrogen) atoms. The van der Waals surface area contributed by atoms with Crippen LogP contribution in [0.3, 0.4) is 0 Å². The van der Waals surface area contributed by atoms with Crippen LogP contribution >= 0.6 is 11.8 Å². The molecule has 1 aromatic carbocycles. The molecular formula is C19H28N3O4S+. The molecule has 0 aromatic heterocycles. The van der Waals surface area contributed by atoms with E-state index < -0.39 is 0 Å². The molecule has 148 valence electrons. The van der Waals surface area contributed by atoms with Gasteiger partial charge in [-0.2, -0.15) is 0 Å². The zero-order valence-electron chi connectivity index (χ0n) is 16.0. The Labute approximate surface area is 164 Å². The zero-order valence-corrected chi connectivity index (χ0v) is 16.8. The summed E-state index contributed by atoms with van der Waals surface area (Å²) < 4.78 is 4.84. The molecule has 0 saturated carbocycles. The maximum Gasteiger partial charge on any atom is 0.315 e. The fraction of sp³-hybridized carbons (Fsp3) is 0.526. The van der Waals surface area contributed by atoms with Crippen molar-refractivity contribution >= 4 is 35.2 Å². The van der Waals surface area contributed by atoms with Crippen LogP contribution in [0.4, 0.5) is 5.69 Å². The molecule has 0 atom stereocenters. The number of hydrogen-bond acceptors (Lipinski definition) is 5. The Morgan fingerprint density at radius 1 is 1.15 bits per heavy atom. The molecule has 0 bridgehead atoms. The van der Waals surface area contributed by atoms with Crippen LogP contribution in [0.5, 0.6) is 0 Å². The molecule has 0 spiro atoms. The molecule has 1 aliphatic heterocycles. The van der Waals surface area contributed by atoms with E-state index in [2.05, 4.69) is 5.32 Å². The molecule has 1 aromatic rings. The number of amides is 2. The summed E-state index contributed by atoms with van der Waals surface area (Å²) in [5.41, 5.74) is 1.96. The second-order valence-electron chi connectivity index (χ2n) is 6.52. The maximum absolute atomic E-state index is 12.2. The number of rotatable bonds is 8. The topological polar surface area (TPSA) is 80.2 Å². The Hall–Kier alpha value is -2.06. The molecule has 2 N–H and O–H groups in total. The number of esters is 1. The molecule has 7 nitrogen and oxygen atoms in total. The SMILES string of the molecule is CCOC(=O)CSCC(=O)N1CC[NH+](CC(=O)Nc2ccc(C)cc2)CC1. The van der Waals surface area contributed by atoms with Gasteiger partial charge in [0.25, 0.3) is 5.91 Å². The fourth-order valence-corrected chi connectivity index (χ4v) is 3.54. The first-order valence-corrected chi connectivity index (χ1v) is 10.3. The molecule has 8 heteroatoms. The molecule has 1 aliphatic rings. The number of nitrogens with one attached hydrogen (secondary N) is 2. The van der Waals surface area contributed by atoms with Crippen molar-refractivity contribution in [2.24, 2.45) is 0 Å². The van der Waals surface area contributed by atoms with Gasteiger partial charge in [0.1, 0.15) is 0 Å². The molecule has 1 fully saturated rings. The molecular weight excluding hydrogens is 366 g/mol. The minimum absolute atomic E-state index is 0.0152. The molecule has 1 saturated heterocycles.